The number of nitrogens with one attached hydrogen (secondary N) is 1. The number of tetrazole rings is 1. The molecule has 0 spiro atoms. The molecule has 1 N–H and O–H groups in total. The third-order valence-electron chi connectivity index (χ3n) is 4.65. The van der Waals surface area contributed by atoms with Crippen molar-refractivity contribution in [1.29, 1.82) is 0 Å². The Hall–Kier alpha value is -1.91. The number of anilines is 1. The van der Waals surface area contributed by atoms with Crippen LogP contribution in [0.25, 0.3) is 5.69 Å². The van der Waals surface area contributed by atoms with E-state index in [4.69, 9.17) is 0 Å². The SMILES string of the molecule is Cc1ccc(NC2CCCCC2(C)C)cc1-n1cnnn1. The third-order valence-corrected chi connectivity index (χ3v) is 4.65. The van der Waals surface area contributed by atoms with Gasteiger partial charge in [0.1, 0.15) is 6.33 Å². The van der Waals surface area contributed by atoms with Crippen LogP contribution < -0.4 is 5.32 Å². The summed E-state index contributed by atoms with van der Waals surface area (Å²) in [6.07, 6.45) is 6.82. The summed E-state index contributed by atoms with van der Waals surface area (Å²) in [6.45, 7) is 6.80. The van der Waals surface area contributed by atoms with E-state index < -0.39 is 0 Å². The zero-order valence-corrected chi connectivity index (χ0v) is 13.0. The Balaban J connectivity index is 1.85. The van der Waals surface area contributed by atoms with Gasteiger partial charge in [0.15, 0.2) is 0 Å². The first-order chi connectivity index (χ1) is 10.1. The number of aryl methyl sites for hydroxylation is 1. The van der Waals surface area contributed by atoms with E-state index in [0.29, 0.717) is 11.5 Å². The number of rotatable bonds is 3. The highest BCUT2D eigenvalue weighted by Gasteiger charge is 2.32. The lowest BCUT2D eigenvalue weighted by molar-refractivity contribution is 0.217. The zero-order valence-electron chi connectivity index (χ0n) is 13.0. The minimum absolute atomic E-state index is 0.345. The van der Waals surface area contributed by atoms with Gasteiger partial charge in [0.2, 0.25) is 0 Å². The molecule has 1 saturated carbocycles. The average Bonchev–Trinajstić information content (AvgIpc) is 2.97. The molecule has 1 unspecified atom stereocenters. The van der Waals surface area contributed by atoms with Gasteiger partial charge in [-0.1, -0.05) is 32.8 Å². The highest BCUT2D eigenvalue weighted by molar-refractivity contribution is 5.55. The Kier molecular flexibility index (Phi) is 3.66. The molecular weight excluding hydrogens is 262 g/mol. The Bertz CT molecular complexity index is 603. The van der Waals surface area contributed by atoms with Crippen molar-refractivity contribution in [3.63, 3.8) is 0 Å². The molecular formula is C16H23N5. The lowest BCUT2D eigenvalue weighted by atomic mass is 9.73. The first-order valence-electron chi connectivity index (χ1n) is 7.67. The normalized spacial score (nSPS) is 21.2. The molecule has 0 radical (unpaired) electrons. The van der Waals surface area contributed by atoms with Gasteiger partial charge in [0.25, 0.3) is 0 Å². The maximum Gasteiger partial charge on any atom is 0.143 e. The van der Waals surface area contributed by atoms with E-state index in [1.165, 1.54) is 25.7 Å². The summed E-state index contributed by atoms with van der Waals surface area (Å²) in [6, 6.07) is 6.93. The lowest BCUT2D eigenvalue weighted by Crippen LogP contribution is -2.38. The summed E-state index contributed by atoms with van der Waals surface area (Å²) in [5, 5.41) is 15.2. The summed E-state index contributed by atoms with van der Waals surface area (Å²) in [4.78, 5) is 0. The fraction of sp³-hybridized carbons (Fsp3) is 0.562. The Morgan fingerprint density at radius 2 is 2.14 bits per heavy atom. The summed E-state index contributed by atoms with van der Waals surface area (Å²) in [7, 11) is 0. The topological polar surface area (TPSA) is 55.6 Å². The van der Waals surface area contributed by atoms with Crippen molar-refractivity contribution in [1.82, 2.24) is 20.2 Å². The van der Waals surface area contributed by atoms with E-state index in [0.717, 1.165) is 16.9 Å². The van der Waals surface area contributed by atoms with Crippen molar-refractivity contribution in [2.24, 2.45) is 5.41 Å². The summed E-state index contributed by atoms with van der Waals surface area (Å²) < 4.78 is 1.71. The molecule has 0 saturated heterocycles. The quantitative estimate of drug-likeness (QED) is 0.939. The van der Waals surface area contributed by atoms with Crippen molar-refractivity contribution in [3.8, 4) is 5.69 Å². The van der Waals surface area contributed by atoms with Crippen LogP contribution >= 0.6 is 0 Å². The van der Waals surface area contributed by atoms with Gasteiger partial charge in [0.05, 0.1) is 5.69 Å². The molecule has 1 heterocycles. The second-order valence-corrected chi connectivity index (χ2v) is 6.69. The van der Waals surface area contributed by atoms with Gasteiger partial charge in [-0.2, -0.15) is 0 Å². The number of hydrogen-bond donors (Lipinski definition) is 1. The molecule has 1 fully saturated rings. The highest BCUT2D eigenvalue weighted by Crippen LogP contribution is 2.37. The van der Waals surface area contributed by atoms with Crippen LogP contribution in [0.1, 0.15) is 45.1 Å². The predicted octanol–water partition coefficient (Wildman–Crippen LogP) is 3.35. The van der Waals surface area contributed by atoms with Crippen LogP contribution in [0.4, 0.5) is 5.69 Å². The molecule has 1 aromatic heterocycles. The van der Waals surface area contributed by atoms with Gasteiger partial charge in [-0.15, -0.1) is 5.10 Å². The Morgan fingerprint density at radius 3 is 2.86 bits per heavy atom. The van der Waals surface area contributed by atoms with Crippen LogP contribution in [0, 0.1) is 12.3 Å². The molecule has 3 rings (SSSR count). The molecule has 5 nitrogen and oxygen atoms in total. The van der Waals surface area contributed by atoms with Crippen LogP contribution in [0.15, 0.2) is 24.5 Å². The smallest absolute Gasteiger partial charge is 0.143 e. The highest BCUT2D eigenvalue weighted by atomic mass is 15.5. The average molecular weight is 285 g/mol. The van der Waals surface area contributed by atoms with Gasteiger partial charge in [-0.25, -0.2) is 4.68 Å². The van der Waals surface area contributed by atoms with Gasteiger partial charge >= 0.3 is 0 Å². The van der Waals surface area contributed by atoms with E-state index in [1.54, 1.807) is 11.0 Å². The van der Waals surface area contributed by atoms with Gasteiger partial charge in [-0.3, -0.25) is 0 Å². The largest absolute Gasteiger partial charge is 0.382 e. The Labute approximate surface area is 125 Å². The van der Waals surface area contributed by atoms with Gasteiger partial charge in [0, 0.05) is 11.7 Å². The standard InChI is InChI=1S/C16H23N5/c1-12-7-8-13(10-14(12)21-11-17-19-20-21)18-15-6-4-5-9-16(15,2)3/h7-8,10-11,15,18H,4-6,9H2,1-3H3. The minimum Gasteiger partial charge on any atom is -0.382 e. The fourth-order valence-corrected chi connectivity index (χ4v) is 3.18. The summed E-state index contributed by atoms with van der Waals surface area (Å²) >= 11 is 0. The Morgan fingerprint density at radius 1 is 1.29 bits per heavy atom. The van der Waals surface area contributed by atoms with Crippen molar-refractivity contribution in [2.45, 2.75) is 52.5 Å². The first-order valence-corrected chi connectivity index (χ1v) is 7.67. The zero-order chi connectivity index (χ0) is 14.9. The maximum atomic E-state index is 3.99. The van der Waals surface area contributed by atoms with Crippen molar-refractivity contribution in [3.05, 3.63) is 30.1 Å². The number of hydrogen-bond acceptors (Lipinski definition) is 4. The predicted molar refractivity (Wildman–Crippen MR) is 83.6 cm³/mol. The van der Waals surface area contributed by atoms with Crippen LogP contribution in [0.5, 0.6) is 0 Å². The van der Waals surface area contributed by atoms with Crippen molar-refractivity contribution >= 4 is 5.69 Å². The second-order valence-electron chi connectivity index (χ2n) is 6.69. The number of benzene rings is 1. The number of nitrogens with zero attached hydrogens (tertiary/aromatic N) is 4. The molecule has 0 amide bonds. The fourth-order valence-electron chi connectivity index (χ4n) is 3.18. The first kappa shape index (κ1) is 14.0. The van der Waals surface area contributed by atoms with E-state index in [1.807, 2.05) is 0 Å². The van der Waals surface area contributed by atoms with Gasteiger partial charge in [-0.05, 0) is 53.3 Å². The molecule has 1 atom stereocenters. The molecule has 1 aliphatic rings. The molecule has 1 aliphatic carbocycles. The molecule has 112 valence electrons. The van der Waals surface area contributed by atoms with Crippen LogP contribution in [0.3, 0.4) is 0 Å². The van der Waals surface area contributed by atoms with Crippen LogP contribution in [-0.4, -0.2) is 26.2 Å². The van der Waals surface area contributed by atoms with E-state index in [2.05, 4.69) is 59.8 Å². The van der Waals surface area contributed by atoms with E-state index in [-0.39, 0.29) is 0 Å². The lowest BCUT2D eigenvalue weighted by Gasteiger charge is -2.39. The molecule has 1 aromatic carbocycles. The van der Waals surface area contributed by atoms with Crippen molar-refractivity contribution < 1.29 is 0 Å². The van der Waals surface area contributed by atoms with Gasteiger partial charge < -0.3 is 5.32 Å². The van der Waals surface area contributed by atoms with Crippen molar-refractivity contribution in [2.75, 3.05) is 5.32 Å². The molecule has 0 bridgehead atoms. The number of aromatic nitrogens is 4. The minimum atomic E-state index is 0.345. The van der Waals surface area contributed by atoms with Crippen LogP contribution in [0.2, 0.25) is 0 Å². The summed E-state index contributed by atoms with van der Waals surface area (Å²) in [5.74, 6) is 0. The molecule has 5 heteroatoms. The second kappa shape index (κ2) is 5.47. The molecule has 0 aliphatic heterocycles. The third kappa shape index (κ3) is 2.91. The summed E-state index contributed by atoms with van der Waals surface area (Å²) in [5.41, 5.74) is 3.68. The monoisotopic (exact) mass is 285 g/mol. The molecule has 21 heavy (non-hydrogen) atoms. The molecule has 2 aromatic rings. The van der Waals surface area contributed by atoms with E-state index in [9.17, 15) is 0 Å². The van der Waals surface area contributed by atoms with E-state index >= 15 is 0 Å². The maximum absolute atomic E-state index is 3.99. The van der Waals surface area contributed by atoms with Crippen LogP contribution in [-0.2, 0) is 0 Å².